The van der Waals surface area contributed by atoms with Crippen LogP contribution in [0.25, 0.3) is 0 Å². The number of nitrogens with zero attached hydrogens (tertiary/aromatic N) is 5. The van der Waals surface area contributed by atoms with E-state index in [2.05, 4.69) is 45.1 Å². The minimum absolute atomic E-state index is 0.309. The van der Waals surface area contributed by atoms with Crippen LogP contribution >= 0.6 is 0 Å². The van der Waals surface area contributed by atoms with Gasteiger partial charge in [0.05, 0.1) is 12.6 Å². The molecule has 22 heavy (non-hydrogen) atoms. The topological polar surface area (TPSA) is 47.8 Å². The van der Waals surface area contributed by atoms with Crippen molar-refractivity contribution in [3.8, 4) is 0 Å². The second-order valence-corrected chi connectivity index (χ2v) is 6.80. The third-order valence-corrected chi connectivity index (χ3v) is 4.30. The number of hydrogen-bond acceptors (Lipinski definition) is 5. The average molecular weight is 309 g/mol. The summed E-state index contributed by atoms with van der Waals surface area (Å²) in [5.74, 6) is 1.06. The van der Waals surface area contributed by atoms with Crippen molar-refractivity contribution < 1.29 is 5.11 Å². The number of rotatable bonds is 7. The van der Waals surface area contributed by atoms with Gasteiger partial charge in [0.25, 0.3) is 0 Å². The van der Waals surface area contributed by atoms with Gasteiger partial charge < -0.3 is 14.6 Å². The van der Waals surface area contributed by atoms with Crippen molar-refractivity contribution in [1.82, 2.24) is 24.3 Å². The SMILES string of the molecule is CC(C)n1ccnc1CN(C)CC(O)CN1CCN(C)CC1. The predicted molar refractivity (Wildman–Crippen MR) is 88.9 cm³/mol. The fraction of sp³-hybridized carbons (Fsp3) is 0.812. The number of aliphatic hydroxyl groups excluding tert-OH is 1. The van der Waals surface area contributed by atoms with Gasteiger partial charge >= 0.3 is 0 Å². The standard InChI is InChI=1S/C16H31N5O/c1-14(2)21-6-5-17-16(21)13-19(4)11-15(22)12-20-9-7-18(3)8-10-20/h5-6,14-15,22H,7-13H2,1-4H3. The van der Waals surface area contributed by atoms with Gasteiger partial charge in [0.15, 0.2) is 0 Å². The van der Waals surface area contributed by atoms with Crippen LogP contribution in [0.4, 0.5) is 0 Å². The van der Waals surface area contributed by atoms with E-state index in [4.69, 9.17) is 0 Å². The molecule has 0 radical (unpaired) electrons. The van der Waals surface area contributed by atoms with Gasteiger partial charge in [0.1, 0.15) is 5.82 Å². The van der Waals surface area contributed by atoms with E-state index in [1.54, 1.807) is 0 Å². The molecule has 0 saturated carbocycles. The summed E-state index contributed by atoms with van der Waals surface area (Å²) < 4.78 is 2.18. The van der Waals surface area contributed by atoms with Gasteiger partial charge in [-0.2, -0.15) is 0 Å². The number of hydrogen-bond donors (Lipinski definition) is 1. The van der Waals surface area contributed by atoms with Gasteiger partial charge in [-0.1, -0.05) is 0 Å². The van der Waals surface area contributed by atoms with Crippen molar-refractivity contribution in [2.75, 3.05) is 53.4 Å². The molecule has 1 atom stereocenters. The summed E-state index contributed by atoms with van der Waals surface area (Å²) in [5.41, 5.74) is 0. The van der Waals surface area contributed by atoms with Gasteiger partial charge in [-0.15, -0.1) is 0 Å². The molecule has 126 valence electrons. The van der Waals surface area contributed by atoms with Crippen LogP contribution < -0.4 is 0 Å². The second kappa shape index (κ2) is 8.06. The molecular weight excluding hydrogens is 278 g/mol. The zero-order valence-electron chi connectivity index (χ0n) is 14.4. The zero-order chi connectivity index (χ0) is 16.1. The van der Waals surface area contributed by atoms with Crippen LogP contribution in [0, 0.1) is 0 Å². The first-order chi connectivity index (χ1) is 10.5. The quantitative estimate of drug-likeness (QED) is 0.795. The Kier molecular flexibility index (Phi) is 6.37. The molecule has 1 N–H and O–H groups in total. The molecular formula is C16H31N5O. The smallest absolute Gasteiger partial charge is 0.123 e. The van der Waals surface area contributed by atoms with Crippen molar-refractivity contribution in [3.63, 3.8) is 0 Å². The average Bonchev–Trinajstić information content (AvgIpc) is 2.89. The molecule has 1 saturated heterocycles. The maximum atomic E-state index is 10.3. The Balaban J connectivity index is 1.76. The second-order valence-electron chi connectivity index (χ2n) is 6.80. The van der Waals surface area contributed by atoms with E-state index in [1.165, 1.54) is 0 Å². The predicted octanol–water partition coefficient (Wildman–Crippen LogP) is 0.504. The number of likely N-dealkylation sites (N-methyl/N-ethyl adjacent to an activating group) is 2. The molecule has 1 aromatic heterocycles. The highest BCUT2D eigenvalue weighted by molar-refractivity contribution is 4.94. The Bertz CT molecular complexity index is 439. The lowest BCUT2D eigenvalue weighted by atomic mass is 10.2. The van der Waals surface area contributed by atoms with E-state index in [9.17, 15) is 5.11 Å². The van der Waals surface area contributed by atoms with Crippen molar-refractivity contribution in [2.45, 2.75) is 32.5 Å². The first-order valence-corrected chi connectivity index (χ1v) is 8.25. The summed E-state index contributed by atoms with van der Waals surface area (Å²) >= 11 is 0. The lowest BCUT2D eigenvalue weighted by Crippen LogP contribution is -2.48. The Morgan fingerprint density at radius 1 is 1.27 bits per heavy atom. The zero-order valence-corrected chi connectivity index (χ0v) is 14.4. The van der Waals surface area contributed by atoms with Gasteiger partial charge in [0.2, 0.25) is 0 Å². The molecule has 0 aromatic carbocycles. The van der Waals surface area contributed by atoms with E-state index >= 15 is 0 Å². The first kappa shape index (κ1) is 17.4. The van der Waals surface area contributed by atoms with E-state index in [-0.39, 0.29) is 6.10 Å². The van der Waals surface area contributed by atoms with E-state index < -0.39 is 0 Å². The fourth-order valence-corrected chi connectivity index (χ4v) is 2.99. The molecule has 0 aliphatic carbocycles. The Labute approximate surface area is 134 Å². The number of aromatic nitrogens is 2. The minimum Gasteiger partial charge on any atom is -0.390 e. The lowest BCUT2D eigenvalue weighted by Gasteiger charge is -2.34. The molecule has 0 amide bonds. The number of aliphatic hydroxyl groups is 1. The molecule has 1 fully saturated rings. The van der Waals surface area contributed by atoms with Crippen LogP contribution in [-0.4, -0.2) is 88.8 Å². The third-order valence-electron chi connectivity index (χ3n) is 4.30. The molecule has 6 nitrogen and oxygen atoms in total. The summed E-state index contributed by atoms with van der Waals surface area (Å²) in [7, 11) is 4.20. The van der Waals surface area contributed by atoms with Gasteiger partial charge in [-0.3, -0.25) is 9.80 Å². The highest BCUT2D eigenvalue weighted by atomic mass is 16.3. The monoisotopic (exact) mass is 309 g/mol. The van der Waals surface area contributed by atoms with Crippen LogP contribution in [0.5, 0.6) is 0 Å². The molecule has 1 aromatic rings. The normalized spacial score (nSPS) is 19.2. The van der Waals surface area contributed by atoms with E-state index in [0.717, 1.165) is 45.1 Å². The molecule has 1 unspecified atom stereocenters. The Hall–Kier alpha value is -0.950. The van der Waals surface area contributed by atoms with Crippen molar-refractivity contribution in [3.05, 3.63) is 18.2 Å². The Morgan fingerprint density at radius 2 is 1.95 bits per heavy atom. The third kappa shape index (κ3) is 5.05. The number of β-amino-alcohol motifs (C(OH)–C–C–N with tert-alkyl or cyclic N) is 1. The summed E-state index contributed by atoms with van der Waals surface area (Å²) in [5, 5.41) is 10.3. The molecule has 6 heteroatoms. The summed E-state index contributed by atoms with van der Waals surface area (Å²) in [6.45, 7) is 10.8. The van der Waals surface area contributed by atoms with Gasteiger partial charge in [-0.05, 0) is 27.9 Å². The van der Waals surface area contributed by atoms with Crippen LogP contribution in [0.15, 0.2) is 12.4 Å². The maximum Gasteiger partial charge on any atom is 0.123 e. The highest BCUT2D eigenvalue weighted by Crippen LogP contribution is 2.10. The first-order valence-electron chi connectivity index (χ1n) is 8.25. The summed E-state index contributed by atoms with van der Waals surface area (Å²) in [6, 6.07) is 0.418. The minimum atomic E-state index is -0.309. The van der Waals surface area contributed by atoms with Crippen molar-refractivity contribution in [2.24, 2.45) is 0 Å². The molecule has 2 rings (SSSR count). The van der Waals surface area contributed by atoms with Crippen molar-refractivity contribution in [1.29, 1.82) is 0 Å². The van der Waals surface area contributed by atoms with Crippen LogP contribution in [0.1, 0.15) is 25.7 Å². The van der Waals surface area contributed by atoms with E-state index in [1.807, 2.05) is 19.4 Å². The molecule has 1 aliphatic heterocycles. The van der Waals surface area contributed by atoms with Crippen molar-refractivity contribution >= 4 is 0 Å². The largest absolute Gasteiger partial charge is 0.390 e. The molecule has 2 heterocycles. The van der Waals surface area contributed by atoms with Crippen LogP contribution in [0.3, 0.4) is 0 Å². The highest BCUT2D eigenvalue weighted by Gasteiger charge is 2.18. The van der Waals surface area contributed by atoms with Gasteiger partial charge in [-0.25, -0.2) is 4.98 Å². The molecule has 1 aliphatic rings. The van der Waals surface area contributed by atoms with Crippen LogP contribution in [0.2, 0.25) is 0 Å². The number of imidazole rings is 1. The fourth-order valence-electron chi connectivity index (χ4n) is 2.99. The van der Waals surface area contributed by atoms with E-state index in [0.29, 0.717) is 12.6 Å². The summed E-state index contributed by atoms with van der Waals surface area (Å²) in [4.78, 5) is 11.3. The maximum absolute atomic E-state index is 10.3. The van der Waals surface area contributed by atoms with Gasteiger partial charge in [0, 0.05) is 57.7 Å². The number of piperazine rings is 1. The lowest BCUT2D eigenvalue weighted by molar-refractivity contribution is 0.0586. The Morgan fingerprint density at radius 3 is 2.59 bits per heavy atom. The van der Waals surface area contributed by atoms with Crippen LogP contribution in [-0.2, 0) is 6.54 Å². The molecule has 0 spiro atoms. The molecule has 0 bridgehead atoms. The summed E-state index contributed by atoms with van der Waals surface area (Å²) in [6.07, 6.45) is 3.56.